The van der Waals surface area contributed by atoms with Crippen LogP contribution in [0.25, 0.3) is 0 Å². The number of carbonyl (C=O) groups is 1. The lowest BCUT2D eigenvalue weighted by Gasteiger charge is -2.23. The molecule has 1 heterocycles. The first-order valence-electron chi connectivity index (χ1n) is 6.36. The van der Waals surface area contributed by atoms with Crippen LogP contribution in [0.15, 0.2) is 18.2 Å². The summed E-state index contributed by atoms with van der Waals surface area (Å²) in [6.45, 7) is 4.99. The molecule has 2 rings (SSSR count). The van der Waals surface area contributed by atoms with Gasteiger partial charge in [0.25, 0.3) is 5.91 Å². The molecule has 0 atom stereocenters. The third-order valence-corrected chi connectivity index (χ3v) is 3.22. The normalized spacial score (nSPS) is 14.4. The molecule has 1 aliphatic heterocycles. The third-order valence-electron chi connectivity index (χ3n) is 3.22. The van der Waals surface area contributed by atoms with Crippen molar-refractivity contribution in [1.82, 2.24) is 0 Å². The average molecular weight is 264 g/mol. The molecule has 5 heteroatoms. The SMILES string of the molecule is COC(C)(C)CCNc1ccc2c(c1)NC(=O)CO2. The second kappa shape index (κ2) is 5.48. The number of anilines is 2. The smallest absolute Gasteiger partial charge is 0.262 e. The first kappa shape index (κ1) is 13.7. The number of hydrogen-bond acceptors (Lipinski definition) is 4. The van der Waals surface area contributed by atoms with E-state index in [1.807, 2.05) is 18.2 Å². The van der Waals surface area contributed by atoms with Crippen molar-refractivity contribution in [2.24, 2.45) is 0 Å². The number of ether oxygens (including phenoxy) is 2. The number of benzene rings is 1. The van der Waals surface area contributed by atoms with Crippen molar-refractivity contribution >= 4 is 17.3 Å². The predicted molar refractivity (Wildman–Crippen MR) is 74.8 cm³/mol. The highest BCUT2D eigenvalue weighted by atomic mass is 16.5. The van der Waals surface area contributed by atoms with Gasteiger partial charge < -0.3 is 20.1 Å². The fraction of sp³-hybridized carbons (Fsp3) is 0.500. The molecule has 1 aliphatic rings. The van der Waals surface area contributed by atoms with Gasteiger partial charge in [-0.2, -0.15) is 0 Å². The Morgan fingerprint density at radius 2 is 2.26 bits per heavy atom. The Hall–Kier alpha value is -1.75. The topological polar surface area (TPSA) is 59.6 Å². The van der Waals surface area contributed by atoms with Gasteiger partial charge in [-0.25, -0.2) is 0 Å². The summed E-state index contributed by atoms with van der Waals surface area (Å²) < 4.78 is 10.7. The number of hydrogen-bond donors (Lipinski definition) is 2. The standard InChI is InChI=1S/C14H20N2O3/c1-14(2,18-3)6-7-15-10-4-5-12-11(8-10)16-13(17)9-19-12/h4-5,8,15H,6-7,9H2,1-3H3,(H,16,17). The van der Waals surface area contributed by atoms with Crippen molar-refractivity contribution < 1.29 is 14.3 Å². The second-order valence-corrected chi connectivity index (χ2v) is 5.19. The molecule has 0 bridgehead atoms. The minimum Gasteiger partial charge on any atom is -0.482 e. The summed E-state index contributed by atoms with van der Waals surface area (Å²) in [5.41, 5.74) is 1.53. The maximum absolute atomic E-state index is 11.2. The first-order valence-corrected chi connectivity index (χ1v) is 6.36. The van der Waals surface area contributed by atoms with E-state index in [-0.39, 0.29) is 18.1 Å². The van der Waals surface area contributed by atoms with Crippen molar-refractivity contribution in [2.45, 2.75) is 25.9 Å². The van der Waals surface area contributed by atoms with Crippen LogP contribution in [0, 0.1) is 0 Å². The highest BCUT2D eigenvalue weighted by Crippen LogP contribution is 2.30. The Kier molecular flexibility index (Phi) is 3.95. The van der Waals surface area contributed by atoms with Crippen molar-refractivity contribution in [3.05, 3.63) is 18.2 Å². The molecule has 0 unspecified atom stereocenters. The van der Waals surface area contributed by atoms with Crippen molar-refractivity contribution in [1.29, 1.82) is 0 Å². The van der Waals surface area contributed by atoms with Crippen molar-refractivity contribution in [3.63, 3.8) is 0 Å². The Labute approximate surface area is 113 Å². The molecular weight excluding hydrogens is 244 g/mol. The lowest BCUT2D eigenvalue weighted by molar-refractivity contribution is -0.118. The van der Waals surface area contributed by atoms with Crippen molar-refractivity contribution in [3.8, 4) is 5.75 Å². The number of methoxy groups -OCH3 is 1. The summed E-state index contributed by atoms with van der Waals surface area (Å²) >= 11 is 0. The van der Waals surface area contributed by atoms with E-state index in [1.54, 1.807) is 7.11 Å². The van der Waals surface area contributed by atoms with Gasteiger partial charge in [0.1, 0.15) is 5.75 Å². The quantitative estimate of drug-likeness (QED) is 0.856. The fourth-order valence-corrected chi connectivity index (χ4v) is 1.80. The zero-order chi connectivity index (χ0) is 13.9. The third kappa shape index (κ3) is 3.61. The molecule has 104 valence electrons. The van der Waals surface area contributed by atoms with E-state index in [1.165, 1.54) is 0 Å². The summed E-state index contributed by atoms with van der Waals surface area (Å²) in [6, 6.07) is 5.68. The zero-order valence-corrected chi connectivity index (χ0v) is 11.6. The Bertz CT molecular complexity index is 472. The Morgan fingerprint density at radius 1 is 1.47 bits per heavy atom. The van der Waals surface area contributed by atoms with E-state index >= 15 is 0 Å². The zero-order valence-electron chi connectivity index (χ0n) is 11.6. The van der Waals surface area contributed by atoms with Crippen LogP contribution in [0.1, 0.15) is 20.3 Å². The van der Waals surface area contributed by atoms with Gasteiger partial charge in [0, 0.05) is 19.3 Å². The maximum Gasteiger partial charge on any atom is 0.262 e. The monoisotopic (exact) mass is 264 g/mol. The van der Waals surface area contributed by atoms with Crippen LogP contribution in [0.3, 0.4) is 0 Å². The van der Waals surface area contributed by atoms with E-state index in [0.717, 1.165) is 18.7 Å². The van der Waals surface area contributed by atoms with Crippen LogP contribution in [0.2, 0.25) is 0 Å². The Morgan fingerprint density at radius 3 is 3.00 bits per heavy atom. The number of amides is 1. The van der Waals surface area contributed by atoms with Crippen LogP contribution < -0.4 is 15.4 Å². The van der Waals surface area contributed by atoms with Gasteiger partial charge in [0.05, 0.1) is 11.3 Å². The summed E-state index contributed by atoms with van der Waals surface area (Å²) in [5, 5.41) is 6.10. The van der Waals surface area contributed by atoms with Gasteiger partial charge >= 0.3 is 0 Å². The molecule has 1 amide bonds. The van der Waals surface area contributed by atoms with Gasteiger partial charge in [-0.1, -0.05) is 0 Å². The molecule has 0 aliphatic carbocycles. The summed E-state index contributed by atoms with van der Waals surface area (Å²) in [5.74, 6) is 0.590. The van der Waals surface area contributed by atoms with Gasteiger partial charge in [0.15, 0.2) is 6.61 Å². The van der Waals surface area contributed by atoms with Crippen LogP contribution >= 0.6 is 0 Å². The predicted octanol–water partition coefficient (Wildman–Crippen LogP) is 2.24. The molecule has 0 saturated heterocycles. The summed E-state index contributed by atoms with van der Waals surface area (Å²) in [4.78, 5) is 11.2. The minimum absolute atomic E-state index is 0.0851. The molecule has 0 radical (unpaired) electrons. The second-order valence-electron chi connectivity index (χ2n) is 5.19. The average Bonchev–Trinajstić information content (AvgIpc) is 2.38. The molecule has 19 heavy (non-hydrogen) atoms. The van der Waals surface area contributed by atoms with E-state index in [2.05, 4.69) is 24.5 Å². The van der Waals surface area contributed by atoms with E-state index in [9.17, 15) is 4.79 Å². The van der Waals surface area contributed by atoms with E-state index in [0.29, 0.717) is 11.4 Å². The van der Waals surface area contributed by atoms with Gasteiger partial charge in [-0.05, 0) is 38.5 Å². The minimum atomic E-state index is -0.140. The number of carbonyl (C=O) groups excluding carboxylic acids is 1. The summed E-state index contributed by atoms with van der Waals surface area (Å²) in [7, 11) is 1.71. The van der Waals surface area contributed by atoms with E-state index < -0.39 is 0 Å². The fourth-order valence-electron chi connectivity index (χ4n) is 1.80. The number of fused-ring (bicyclic) bond motifs is 1. The van der Waals surface area contributed by atoms with Crippen LogP contribution in [-0.4, -0.2) is 31.8 Å². The molecule has 0 spiro atoms. The number of nitrogens with one attached hydrogen (secondary N) is 2. The number of rotatable bonds is 5. The molecule has 1 aromatic rings. The van der Waals surface area contributed by atoms with Crippen LogP contribution in [0.5, 0.6) is 5.75 Å². The largest absolute Gasteiger partial charge is 0.482 e. The van der Waals surface area contributed by atoms with Crippen molar-refractivity contribution in [2.75, 3.05) is 30.9 Å². The molecule has 0 fully saturated rings. The lowest BCUT2D eigenvalue weighted by Crippen LogP contribution is -2.26. The van der Waals surface area contributed by atoms with Crippen LogP contribution in [-0.2, 0) is 9.53 Å². The molecule has 2 N–H and O–H groups in total. The molecule has 1 aromatic carbocycles. The maximum atomic E-state index is 11.2. The van der Waals surface area contributed by atoms with Gasteiger partial charge in [0.2, 0.25) is 0 Å². The van der Waals surface area contributed by atoms with Crippen LogP contribution in [0.4, 0.5) is 11.4 Å². The molecule has 0 saturated carbocycles. The van der Waals surface area contributed by atoms with E-state index in [4.69, 9.17) is 9.47 Å². The van der Waals surface area contributed by atoms with Gasteiger partial charge in [-0.3, -0.25) is 4.79 Å². The van der Waals surface area contributed by atoms with Gasteiger partial charge in [-0.15, -0.1) is 0 Å². The molecule has 0 aromatic heterocycles. The first-order chi connectivity index (χ1) is 9.00. The Balaban J connectivity index is 1.95. The lowest BCUT2D eigenvalue weighted by atomic mass is 10.1. The highest BCUT2D eigenvalue weighted by molar-refractivity contribution is 5.95. The summed E-state index contributed by atoms with van der Waals surface area (Å²) in [6.07, 6.45) is 0.892. The molecular formula is C14H20N2O3. The molecule has 5 nitrogen and oxygen atoms in total. The highest BCUT2D eigenvalue weighted by Gasteiger charge is 2.17.